The summed E-state index contributed by atoms with van der Waals surface area (Å²) in [6.07, 6.45) is 4.28. The van der Waals surface area contributed by atoms with Crippen molar-refractivity contribution in [1.82, 2.24) is 9.80 Å². The minimum Gasteiger partial charge on any atom is -0.339 e. The van der Waals surface area contributed by atoms with Gasteiger partial charge in [0, 0.05) is 32.7 Å². The number of benzene rings is 1. The van der Waals surface area contributed by atoms with Crippen LogP contribution in [0.5, 0.6) is 0 Å². The zero-order valence-corrected chi connectivity index (χ0v) is 13.3. The molecule has 2 rings (SSSR count). The molecule has 1 amide bonds. The van der Waals surface area contributed by atoms with Gasteiger partial charge < -0.3 is 4.90 Å². The second kappa shape index (κ2) is 7.24. The van der Waals surface area contributed by atoms with Crippen LogP contribution in [0.1, 0.15) is 19.4 Å². The van der Waals surface area contributed by atoms with Crippen molar-refractivity contribution in [3.63, 3.8) is 0 Å². The average Bonchev–Trinajstić information content (AvgIpc) is 2.56. The number of rotatable bonds is 4. The van der Waals surface area contributed by atoms with Gasteiger partial charge in [-0.25, -0.2) is 0 Å². The van der Waals surface area contributed by atoms with Crippen LogP contribution in [0.4, 0.5) is 0 Å². The monoisotopic (exact) mass is 297 g/mol. The molecule has 0 aromatic heterocycles. The molecule has 0 spiro atoms. The van der Waals surface area contributed by atoms with Crippen LogP contribution < -0.4 is 0 Å². The van der Waals surface area contributed by atoms with Crippen LogP contribution in [0.15, 0.2) is 36.4 Å². The molecule has 1 aromatic carbocycles. The van der Waals surface area contributed by atoms with E-state index in [0.29, 0.717) is 13.1 Å². The van der Waals surface area contributed by atoms with Crippen molar-refractivity contribution in [2.75, 3.05) is 32.7 Å². The first kappa shape index (κ1) is 16.3. The van der Waals surface area contributed by atoms with Crippen molar-refractivity contribution in [2.24, 2.45) is 5.41 Å². The lowest BCUT2D eigenvalue weighted by Gasteiger charge is -2.36. The number of nitriles is 1. The van der Waals surface area contributed by atoms with Crippen molar-refractivity contribution < 1.29 is 4.79 Å². The highest BCUT2D eigenvalue weighted by Gasteiger charge is 2.33. The van der Waals surface area contributed by atoms with Crippen LogP contribution in [0.3, 0.4) is 0 Å². The fraction of sp³-hybridized carbons (Fsp3) is 0.444. The summed E-state index contributed by atoms with van der Waals surface area (Å²) in [6.45, 7) is 7.36. The standard InChI is InChI=1S/C18H23N3O/c1-18(2,15-19)17(22)21-13-11-20(12-14-21)10-6-9-16-7-4-3-5-8-16/h3-9H,10-14H2,1-2H3. The highest BCUT2D eigenvalue weighted by Crippen LogP contribution is 2.18. The Morgan fingerprint density at radius 2 is 1.86 bits per heavy atom. The maximum Gasteiger partial charge on any atom is 0.242 e. The molecule has 0 atom stereocenters. The lowest BCUT2D eigenvalue weighted by Crippen LogP contribution is -2.51. The Kier molecular flexibility index (Phi) is 5.35. The second-order valence-corrected chi connectivity index (χ2v) is 6.14. The smallest absolute Gasteiger partial charge is 0.242 e. The summed E-state index contributed by atoms with van der Waals surface area (Å²) < 4.78 is 0. The lowest BCUT2D eigenvalue weighted by molar-refractivity contribution is -0.139. The number of nitrogens with zero attached hydrogens (tertiary/aromatic N) is 3. The molecule has 0 saturated carbocycles. The SMILES string of the molecule is CC(C)(C#N)C(=O)N1CCN(CC=Cc2ccccc2)CC1. The van der Waals surface area contributed by atoms with Gasteiger partial charge in [0.25, 0.3) is 0 Å². The highest BCUT2D eigenvalue weighted by atomic mass is 16.2. The van der Waals surface area contributed by atoms with Gasteiger partial charge in [-0.15, -0.1) is 0 Å². The molecule has 1 aromatic rings. The maximum atomic E-state index is 12.2. The fourth-order valence-electron chi connectivity index (χ4n) is 2.48. The van der Waals surface area contributed by atoms with E-state index in [0.717, 1.165) is 19.6 Å². The van der Waals surface area contributed by atoms with E-state index in [9.17, 15) is 4.79 Å². The van der Waals surface area contributed by atoms with E-state index in [2.05, 4.69) is 35.3 Å². The van der Waals surface area contributed by atoms with E-state index >= 15 is 0 Å². The summed E-state index contributed by atoms with van der Waals surface area (Å²) >= 11 is 0. The molecule has 22 heavy (non-hydrogen) atoms. The van der Waals surface area contributed by atoms with Gasteiger partial charge in [-0.1, -0.05) is 42.5 Å². The molecule has 0 unspecified atom stereocenters. The first-order valence-corrected chi connectivity index (χ1v) is 7.67. The predicted octanol–water partition coefficient (Wildman–Crippen LogP) is 2.39. The molecule has 0 radical (unpaired) electrons. The Balaban J connectivity index is 1.79. The number of hydrogen-bond acceptors (Lipinski definition) is 3. The molecule has 116 valence electrons. The summed E-state index contributed by atoms with van der Waals surface area (Å²) in [6, 6.07) is 12.3. The summed E-state index contributed by atoms with van der Waals surface area (Å²) in [5.74, 6) is -0.0607. The molecule has 1 heterocycles. The number of carbonyl (C=O) groups is 1. The van der Waals surface area contributed by atoms with E-state index in [-0.39, 0.29) is 5.91 Å². The Labute approximate surface area is 132 Å². The van der Waals surface area contributed by atoms with Crippen molar-refractivity contribution in [3.05, 3.63) is 42.0 Å². The van der Waals surface area contributed by atoms with E-state index in [1.807, 2.05) is 18.2 Å². The van der Waals surface area contributed by atoms with Crippen molar-refractivity contribution in [3.8, 4) is 6.07 Å². The third-order valence-electron chi connectivity index (χ3n) is 3.95. The molecular formula is C18H23N3O. The maximum absolute atomic E-state index is 12.2. The van der Waals surface area contributed by atoms with Crippen molar-refractivity contribution in [1.29, 1.82) is 5.26 Å². The molecular weight excluding hydrogens is 274 g/mol. The average molecular weight is 297 g/mol. The van der Waals surface area contributed by atoms with E-state index in [1.54, 1.807) is 18.7 Å². The quantitative estimate of drug-likeness (QED) is 0.857. The molecule has 0 N–H and O–H groups in total. The minimum absolute atomic E-state index is 0.0607. The Morgan fingerprint density at radius 1 is 1.23 bits per heavy atom. The van der Waals surface area contributed by atoms with Crippen LogP contribution in [-0.2, 0) is 4.79 Å². The van der Waals surface area contributed by atoms with Crippen LogP contribution in [0, 0.1) is 16.7 Å². The van der Waals surface area contributed by atoms with Gasteiger partial charge >= 0.3 is 0 Å². The summed E-state index contributed by atoms with van der Waals surface area (Å²) in [7, 11) is 0. The molecule has 1 fully saturated rings. The van der Waals surface area contributed by atoms with Crippen LogP contribution >= 0.6 is 0 Å². The van der Waals surface area contributed by atoms with E-state index in [1.165, 1.54) is 5.56 Å². The summed E-state index contributed by atoms with van der Waals surface area (Å²) in [5.41, 5.74) is 0.280. The van der Waals surface area contributed by atoms with Gasteiger partial charge in [0.15, 0.2) is 0 Å². The minimum atomic E-state index is -0.921. The molecule has 1 saturated heterocycles. The van der Waals surface area contributed by atoms with Crippen LogP contribution in [0.25, 0.3) is 6.08 Å². The van der Waals surface area contributed by atoms with Crippen LogP contribution in [-0.4, -0.2) is 48.4 Å². The third kappa shape index (κ3) is 4.19. The van der Waals surface area contributed by atoms with Gasteiger partial charge in [0.1, 0.15) is 5.41 Å². The molecule has 0 bridgehead atoms. The first-order valence-electron chi connectivity index (χ1n) is 7.67. The summed E-state index contributed by atoms with van der Waals surface area (Å²) in [5, 5.41) is 9.05. The first-order chi connectivity index (χ1) is 10.5. The Bertz CT molecular complexity index is 564. The molecule has 1 aliphatic heterocycles. The predicted molar refractivity (Wildman–Crippen MR) is 87.9 cm³/mol. The number of amides is 1. The summed E-state index contributed by atoms with van der Waals surface area (Å²) in [4.78, 5) is 16.4. The topological polar surface area (TPSA) is 47.3 Å². The molecule has 0 aliphatic carbocycles. The van der Waals surface area contributed by atoms with Crippen molar-refractivity contribution >= 4 is 12.0 Å². The van der Waals surface area contributed by atoms with Gasteiger partial charge in [-0.2, -0.15) is 5.26 Å². The second-order valence-electron chi connectivity index (χ2n) is 6.14. The highest BCUT2D eigenvalue weighted by molar-refractivity contribution is 5.84. The molecule has 1 aliphatic rings. The lowest BCUT2D eigenvalue weighted by atomic mass is 9.93. The van der Waals surface area contributed by atoms with Gasteiger partial charge in [-0.3, -0.25) is 9.69 Å². The van der Waals surface area contributed by atoms with E-state index in [4.69, 9.17) is 5.26 Å². The van der Waals surface area contributed by atoms with Crippen molar-refractivity contribution in [2.45, 2.75) is 13.8 Å². The van der Waals surface area contributed by atoms with Gasteiger partial charge in [0.05, 0.1) is 6.07 Å². The van der Waals surface area contributed by atoms with Gasteiger partial charge in [-0.05, 0) is 19.4 Å². The number of piperazine rings is 1. The molecule has 4 nitrogen and oxygen atoms in total. The number of carbonyl (C=O) groups excluding carboxylic acids is 1. The van der Waals surface area contributed by atoms with Gasteiger partial charge in [0.2, 0.25) is 5.91 Å². The molecule has 4 heteroatoms. The zero-order chi connectivity index (χ0) is 16.0. The fourth-order valence-corrected chi connectivity index (χ4v) is 2.48. The Morgan fingerprint density at radius 3 is 2.45 bits per heavy atom. The van der Waals surface area contributed by atoms with E-state index < -0.39 is 5.41 Å². The number of hydrogen-bond donors (Lipinski definition) is 0. The largest absolute Gasteiger partial charge is 0.339 e. The normalized spacial score (nSPS) is 16.7. The Hall–Kier alpha value is -2.12. The third-order valence-corrected chi connectivity index (χ3v) is 3.95. The van der Waals surface area contributed by atoms with Crippen LogP contribution in [0.2, 0.25) is 0 Å². The zero-order valence-electron chi connectivity index (χ0n) is 13.3.